The first-order valence-electron chi connectivity index (χ1n) is 5.30. The molecule has 2 aliphatic rings. The molecule has 0 spiro atoms. The van der Waals surface area contributed by atoms with Crippen LogP contribution < -0.4 is 5.32 Å². The fraction of sp³-hybridized carbons (Fsp3) is 1.00. The topological polar surface area (TPSA) is 24.5 Å². The van der Waals surface area contributed by atoms with Crippen molar-refractivity contribution >= 4 is 12.4 Å². The van der Waals surface area contributed by atoms with Gasteiger partial charge in [-0.3, -0.25) is 5.32 Å². The second kappa shape index (κ2) is 5.31. The van der Waals surface area contributed by atoms with Crippen LogP contribution in [-0.2, 0) is 4.74 Å². The zero-order valence-corrected chi connectivity index (χ0v) is 9.85. The van der Waals surface area contributed by atoms with Gasteiger partial charge in [-0.15, -0.1) is 12.4 Å². The largest absolute Gasteiger partial charge is 0.362 e. The summed E-state index contributed by atoms with van der Waals surface area (Å²) in [6.07, 6.45) is 2.85. The van der Waals surface area contributed by atoms with Crippen molar-refractivity contribution in [2.75, 3.05) is 26.7 Å². The summed E-state index contributed by atoms with van der Waals surface area (Å²) in [4.78, 5) is 2.41. The van der Waals surface area contributed by atoms with Crippen LogP contribution in [0.5, 0.6) is 0 Å². The van der Waals surface area contributed by atoms with Crippen molar-refractivity contribution in [1.29, 1.82) is 0 Å². The summed E-state index contributed by atoms with van der Waals surface area (Å²) < 4.78 is 5.63. The molecule has 2 saturated heterocycles. The smallest absolute Gasteiger partial charge is 0.108 e. The van der Waals surface area contributed by atoms with E-state index in [4.69, 9.17) is 4.74 Å². The standard InChI is InChI=1S/C10H20N2O.ClH/c1-8-7-13-10(11-8)5-9-3-4-12(2)6-9;/h8-11H,3-7H2,1-2H3;1H. The monoisotopic (exact) mass is 220 g/mol. The van der Waals surface area contributed by atoms with Gasteiger partial charge < -0.3 is 9.64 Å². The Balaban J connectivity index is 0.000000980. The minimum absolute atomic E-state index is 0. The van der Waals surface area contributed by atoms with E-state index in [1.54, 1.807) is 0 Å². The summed E-state index contributed by atoms with van der Waals surface area (Å²) in [5, 5.41) is 3.45. The third kappa shape index (κ3) is 3.09. The molecule has 2 heterocycles. The van der Waals surface area contributed by atoms with Gasteiger partial charge in [0.15, 0.2) is 0 Å². The second-order valence-electron chi connectivity index (χ2n) is 4.54. The fourth-order valence-corrected chi connectivity index (χ4v) is 2.33. The molecule has 0 aromatic carbocycles. The van der Waals surface area contributed by atoms with Crippen molar-refractivity contribution in [3.8, 4) is 0 Å². The van der Waals surface area contributed by atoms with Crippen LogP contribution in [0.1, 0.15) is 19.8 Å². The molecule has 3 nitrogen and oxygen atoms in total. The quantitative estimate of drug-likeness (QED) is 0.754. The fourth-order valence-electron chi connectivity index (χ4n) is 2.33. The van der Waals surface area contributed by atoms with Crippen LogP contribution >= 0.6 is 12.4 Å². The number of rotatable bonds is 2. The molecule has 3 unspecified atom stereocenters. The van der Waals surface area contributed by atoms with Gasteiger partial charge in [0.25, 0.3) is 0 Å². The maximum absolute atomic E-state index is 5.63. The van der Waals surface area contributed by atoms with E-state index in [9.17, 15) is 0 Å². The molecule has 0 aliphatic carbocycles. The van der Waals surface area contributed by atoms with E-state index >= 15 is 0 Å². The summed E-state index contributed by atoms with van der Waals surface area (Å²) in [6, 6.07) is 0.545. The Hall–Kier alpha value is 0.170. The van der Waals surface area contributed by atoms with E-state index in [0.29, 0.717) is 12.3 Å². The van der Waals surface area contributed by atoms with Crippen LogP contribution in [-0.4, -0.2) is 43.9 Å². The van der Waals surface area contributed by atoms with Gasteiger partial charge in [-0.2, -0.15) is 0 Å². The molecular formula is C10H21ClN2O. The summed E-state index contributed by atoms with van der Waals surface area (Å²) in [5.74, 6) is 0.841. The first-order valence-corrected chi connectivity index (χ1v) is 5.30. The highest BCUT2D eigenvalue weighted by molar-refractivity contribution is 5.85. The third-order valence-electron chi connectivity index (χ3n) is 3.05. The van der Waals surface area contributed by atoms with Crippen molar-refractivity contribution in [1.82, 2.24) is 10.2 Å². The Morgan fingerprint density at radius 3 is 2.79 bits per heavy atom. The van der Waals surface area contributed by atoms with Crippen LogP contribution in [0.15, 0.2) is 0 Å². The van der Waals surface area contributed by atoms with Gasteiger partial charge in [0.05, 0.1) is 6.61 Å². The molecule has 0 bridgehead atoms. The Bertz CT molecular complexity index is 162. The Morgan fingerprint density at radius 1 is 1.50 bits per heavy atom. The molecule has 2 rings (SSSR count). The zero-order valence-electron chi connectivity index (χ0n) is 9.03. The van der Waals surface area contributed by atoms with Gasteiger partial charge in [0.1, 0.15) is 6.23 Å². The van der Waals surface area contributed by atoms with Gasteiger partial charge >= 0.3 is 0 Å². The second-order valence-corrected chi connectivity index (χ2v) is 4.54. The van der Waals surface area contributed by atoms with Crippen LogP contribution in [0.2, 0.25) is 0 Å². The highest BCUT2D eigenvalue weighted by Gasteiger charge is 2.27. The lowest BCUT2D eigenvalue weighted by molar-refractivity contribution is 0.0801. The lowest BCUT2D eigenvalue weighted by Gasteiger charge is -2.15. The molecule has 2 fully saturated rings. The molecular weight excluding hydrogens is 200 g/mol. The number of hydrogen-bond donors (Lipinski definition) is 1. The van der Waals surface area contributed by atoms with E-state index in [-0.39, 0.29) is 12.4 Å². The molecule has 0 amide bonds. The molecule has 4 heteroatoms. The zero-order chi connectivity index (χ0) is 9.26. The average Bonchev–Trinajstić information content (AvgIpc) is 2.62. The summed E-state index contributed by atoms with van der Waals surface area (Å²) in [5.41, 5.74) is 0. The lowest BCUT2D eigenvalue weighted by Crippen LogP contribution is -2.30. The Morgan fingerprint density at radius 2 is 2.29 bits per heavy atom. The molecule has 0 aromatic rings. The predicted molar refractivity (Wildman–Crippen MR) is 59.8 cm³/mol. The minimum Gasteiger partial charge on any atom is -0.362 e. The van der Waals surface area contributed by atoms with Crippen molar-refractivity contribution in [3.05, 3.63) is 0 Å². The van der Waals surface area contributed by atoms with Gasteiger partial charge in [0, 0.05) is 12.6 Å². The molecule has 1 N–H and O–H groups in total. The predicted octanol–water partition coefficient (Wildman–Crippen LogP) is 1.08. The number of hydrogen-bond acceptors (Lipinski definition) is 3. The number of nitrogens with zero attached hydrogens (tertiary/aromatic N) is 1. The molecule has 14 heavy (non-hydrogen) atoms. The van der Waals surface area contributed by atoms with Crippen LogP contribution in [0, 0.1) is 5.92 Å². The van der Waals surface area contributed by atoms with E-state index in [2.05, 4.69) is 24.2 Å². The Kier molecular flexibility index (Phi) is 4.64. The third-order valence-corrected chi connectivity index (χ3v) is 3.05. The van der Waals surface area contributed by atoms with Crippen molar-refractivity contribution in [2.24, 2.45) is 5.92 Å². The van der Waals surface area contributed by atoms with Gasteiger partial charge in [-0.1, -0.05) is 0 Å². The van der Waals surface area contributed by atoms with Crippen LogP contribution in [0.4, 0.5) is 0 Å². The average molecular weight is 221 g/mol. The summed E-state index contributed by atoms with van der Waals surface area (Å²) in [7, 11) is 2.20. The van der Waals surface area contributed by atoms with Crippen molar-refractivity contribution in [3.63, 3.8) is 0 Å². The highest BCUT2D eigenvalue weighted by Crippen LogP contribution is 2.21. The van der Waals surface area contributed by atoms with E-state index < -0.39 is 0 Å². The maximum atomic E-state index is 5.63. The number of halogens is 1. The minimum atomic E-state index is 0. The lowest BCUT2D eigenvalue weighted by atomic mass is 10.0. The van der Waals surface area contributed by atoms with Crippen LogP contribution in [0.3, 0.4) is 0 Å². The summed E-state index contributed by atoms with van der Waals surface area (Å²) >= 11 is 0. The van der Waals surface area contributed by atoms with E-state index in [1.165, 1.54) is 25.9 Å². The molecule has 0 aromatic heterocycles. The number of likely N-dealkylation sites (tertiary alicyclic amines) is 1. The van der Waals surface area contributed by atoms with E-state index in [1.807, 2.05) is 0 Å². The molecule has 84 valence electrons. The SMILES string of the molecule is CC1COC(CC2CCN(C)C2)N1.Cl. The maximum Gasteiger partial charge on any atom is 0.108 e. The van der Waals surface area contributed by atoms with Crippen molar-refractivity contribution in [2.45, 2.75) is 32.0 Å². The molecule has 0 radical (unpaired) electrons. The number of nitrogens with one attached hydrogen (secondary N) is 1. The molecule has 0 saturated carbocycles. The summed E-state index contributed by atoms with van der Waals surface area (Å²) in [6.45, 7) is 5.57. The highest BCUT2D eigenvalue weighted by atomic mass is 35.5. The first kappa shape index (κ1) is 12.2. The van der Waals surface area contributed by atoms with Gasteiger partial charge in [-0.05, 0) is 39.3 Å². The molecule has 3 atom stereocenters. The van der Waals surface area contributed by atoms with Gasteiger partial charge in [0.2, 0.25) is 0 Å². The normalized spacial score (nSPS) is 38.6. The Labute approximate surface area is 92.6 Å². The van der Waals surface area contributed by atoms with Crippen LogP contribution in [0.25, 0.3) is 0 Å². The number of ether oxygens (including phenoxy) is 1. The van der Waals surface area contributed by atoms with Crippen molar-refractivity contribution < 1.29 is 4.74 Å². The van der Waals surface area contributed by atoms with E-state index in [0.717, 1.165) is 12.5 Å². The van der Waals surface area contributed by atoms with Gasteiger partial charge in [-0.25, -0.2) is 0 Å². The molecule has 2 aliphatic heterocycles. The first-order chi connectivity index (χ1) is 6.24.